The number of benzene rings is 2. The molecule has 0 aliphatic carbocycles. The maximum atomic E-state index is 14.0. The number of esters is 1. The van der Waals surface area contributed by atoms with Crippen molar-refractivity contribution in [3.63, 3.8) is 0 Å². The van der Waals surface area contributed by atoms with Crippen LogP contribution in [0.25, 0.3) is 0 Å². The van der Waals surface area contributed by atoms with Crippen molar-refractivity contribution in [2.45, 2.75) is 18.6 Å². The van der Waals surface area contributed by atoms with E-state index in [1.807, 2.05) is 12.1 Å². The molecular formula is C20H20FNO3S. The molecule has 136 valence electrons. The van der Waals surface area contributed by atoms with E-state index in [2.05, 4.69) is 0 Å². The minimum Gasteiger partial charge on any atom is -0.427 e. The van der Waals surface area contributed by atoms with Gasteiger partial charge in [-0.1, -0.05) is 18.2 Å². The second-order valence-corrected chi connectivity index (χ2v) is 7.39. The Balaban J connectivity index is 1.66. The van der Waals surface area contributed by atoms with Gasteiger partial charge >= 0.3 is 5.97 Å². The van der Waals surface area contributed by atoms with E-state index in [0.717, 1.165) is 5.75 Å². The molecule has 0 radical (unpaired) electrons. The molecule has 1 amide bonds. The molecule has 3 rings (SSSR count). The van der Waals surface area contributed by atoms with E-state index >= 15 is 0 Å². The van der Waals surface area contributed by atoms with Crippen LogP contribution in [0.15, 0.2) is 48.5 Å². The summed E-state index contributed by atoms with van der Waals surface area (Å²) in [4.78, 5) is 25.5. The van der Waals surface area contributed by atoms with Crippen LogP contribution in [0.4, 0.5) is 4.39 Å². The van der Waals surface area contributed by atoms with Crippen molar-refractivity contribution in [2.75, 3.05) is 18.8 Å². The van der Waals surface area contributed by atoms with Gasteiger partial charge in [-0.2, -0.15) is 11.8 Å². The van der Waals surface area contributed by atoms with Crippen molar-refractivity contribution in [3.8, 4) is 5.75 Å². The Hall–Kier alpha value is -2.34. The third kappa shape index (κ3) is 4.43. The van der Waals surface area contributed by atoms with Gasteiger partial charge in [0.15, 0.2) is 0 Å². The number of ether oxygens (including phenoxy) is 1. The van der Waals surface area contributed by atoms with Gasteiger partial charge in [0.25, 0.3) is 5.91 Å². The number of nitrogens with zero attached hydrogens (tertiary/aromatic N) is 1. The van der Waals surface area contributed by atoms with Gasteiger partial charge in [0.1, 0.15) is 11.6 Å². The van der Waals surface area contributed by atoms with E-state index in [0.29, 0.717) is 36.4 Å². The second-order valence-electron chi connectivity index (χ2n) is 6.08. The van der Waals surface area contributed by atoms with Gasteiger partial charge in [0.2, 0.25) is 0 Å². The van der Waals surface area contributed by atoms with Gasteiger partial charge in [-0.3, -0.25) is 9.59 Å². The van der Waals surface area contributed by atoms with Crippen LogP contribution in [0.3, 0.4) is 0 Å². The molecule has 4 nitrogen and oxygen atoms in total. The molecule has 2 aromatic carbocycles. The molecule has 2 aromatic rings. The number of hydrogen-bond donors (Lipinski definition) is 0. The van der Waals surface area contributed by atoms with Crippen molar-refractivity contribution in [3.05, 3.63) is 65.5 Å². The highest BCUT2D eigenvalue weighted by Gasteiger charge is 2.24. The van der Waals surface area contributed by atoms with Gasteiger partial charge in [-0.25, -0.2) is 4.39 Å². The molecule has 1 fully saturated rings. The fourth-order valence-corrected chi connectivity index (χ4v) is 4.23. The van der Waals surface area contributed by atoms with Crippen molar-refractivity contribution < 1.29 is 18.7 Å². The van der Waals surface area contributed by atoms with Gasteiger partial charge < -0.3 is 9.64 Å². The summed E-state index contributed by atoms with van der Waals surface area (Å²) in [5, 5.41) is 0.0559. The molecule has 1 heterocycles. The van der Waals surface area contributed by atoms with Gasteiger partial charge in [-0.15, -0.1) is 0 Å². The number of rotatable bonds is 3. The largest absolute Gasteiger partial charge is 0.427 e. The third-order valence-electron chi connectivity index (χ3n) is 4.24. The monoisotopic (exact) mass is 373 g/mol. The lowest BCUT2D eigenvalue weighted by molar-refractivity contribution is -0.131. The number of carbonyl (C=O) groups excluding carboxylic acids is 2. The van der Waals surface area contributed by atoms with E-state index in [1.54, 1.807) is 47.0 Å². The molecule has 1 unspecified atom stereocenters. The Bertz CT molecular complexity index is 794. The zero-order valence-corrected chi connectivity index (χ0v) is 15.3. The molecular weight excluding hydrogens is 353 g/mol. The van der Waals surface area contributed by atoms with E-state index < -0.39 is 5.97 Å². The van der Waals surface area contributed by atoms with Gasteiger partial charge in [-0.05, 0) is 36.8 Å². The van der Waals surface area contributed by atoms with Crippen molar-refractivity contribution in [2.24, 2.45) is 0 Å². The van der Waals surface area contributed by atoms with Crippen molar-refractivity contribution in [1.82, 2.24) is 4.90 Å². The number of halogens is 1. The quantitative estimate of drug-likeness (QED) is 0.601. The standard InChI is InChI=1S/C20H20FNO3S/c1-14(23)25-16-8-6-15(7-9-16)20(24)22-11-10-19(26-13-12-22)17-4-2-3-5-18(17)21/h2-9,19H,10-13H2,1H3. The van der Waals surface area contributed by atoms with E-state index in [1.165, 1.54) is 13.0 Å². The molecule has 1 atom stereocenters. The van der Waals surface area contributed by atoms with Crippen LogP contribution in [0.2, 0.25) is 0 Å². The highest BCUT2D eigenvalue weighted by atomic mass is 32.2. The smallest absolute Gasteiger partial charge is 0.308 e. The van der Waals surface area contributed by atoms with Crippen molar-refractivity contribution >= 4 is 23.6 Å². The SMILES string of the molecule is CC(=O)Oc1ccc(C(=O)N2CCSC(c3ccccc3F)CC2)cc1. The normalized spacial score (nSPS) is 17.5. The van der Waals surface area contributed by atoms with E-state index in [-0.39, 0.29) is 17.0 Å². The molecule has 1 aliphatic heterocycles. The molecule has 0 saturated carbocycles. The lowest BCUT2D eigenvalue weighted by Crippen LogP contribution is -2.32. The minimum atomic E-state index is -0.396. The van der Waals surface area contributed by atoms with Crippen molar-refractivity contribution in [1.29, 1.82) is 0 Å². The lowest BCUT2D eigenvalue weighted by atomic mass is 10.1. The van der Waals surface area contributed by atoms with Crippen LogP contribution >= 0.6 is 11.8 Å². The Kier molecular flexibility index (Phi) is 5.93. The van der Waals surface area contributed by atoms with Crippen LogP contribution in [0, 0.1) is 5.82 Å². The minimum absolute atomic E-state index is 0.0559. The molecule has 26 heavy (non-hydrogen) atoms. The fourth-order valence-electron chi connectivity index (χ4n) is 2.97. The number of amides is 1. The Morgan fingerprint density at radius 2 is 1.85 bits per heavy atom. The maximum absolute atomic E-state index is 14.0. The summed E-state index contributed by atoms with van der Waals surface area (Å²) in [6, 6.07) is 13.4. The average molecular weight is 373 g/mol. The lowest BCUT2D eigenvalue weighted by Gasteiger charge is -2.20. The predicted octanol–water partition coefficient (Wildman–Crippen LogP) is 4.07. The highest BCUT2D eigenvalue weighted by Crippen LogP contribution is 2.35. The first-order valence-electron chi connectivity index (χ1n) is 8.48. The summed E-state index contributed by atoms with van der Waals surface area (Å²) in [6.07, 6.45) is 0.711. The molecule has 0 aromatic heterocycles. The Labute approximate surface area is 156 Å². The number of carbonyl (C=O) groups is 2. The molecule has 6 heteroatoms. The highest BCUT2D eigenvalue weighted by molar-refractivity contribution is 7.99. The molecule has 0 N–H and O–H groups in total. The van der Waals surface area contributed by atoms with E-state index in [9.17, 15) is 14.0 Å². The number of thioether (sulfide) groups is 1. The third-order valence-corrected chi connectivity index (χ3v) is 5.55. The predicted molar refractivity (Wildman–Crippen MR) is 99.9 cm³/mol. The average Bonchev–Trinajstić information content (AvgIpc) is 2.88. The van der Waals surface area contributed by atoms with E-state index in [4.69, 9.17) is 4.74 Å². The van der Waals surface area contributed by atoms with Gasteiger partial charge in [0.05, 0.1) is 0 Å². The summed E-state index contributed by atoms with van der Waals surface area (Å²) in [6.45, 7) is 2.54. The fraction of sp³-hybridized carbons (Fsp3) is 0.300. The maximum Gasteiger partial charge on any atom is 0.308 e. The first kappa shape index (κ1) is 18.5. The van der Waals surface area contributed by atoms with Crippen LogP contribution in [-0.2, 0) is 4.79 Å². The van der Waals surface area contributed by atoms with Crippen LogP contribution < -0.4 is 4.74 Å². The molecule has 1 saturated heterocycles. The van der Waals surface area contributed by atoms with Gasteiger partial charge in [0, 0.05) is 42.1 Å². The summed E-state index contributed by atoms with van der Waals surface area (Å²) < 4.78 is 19.0. The summed E-state index contributed by atoms with van der Waals surface area (Å²) in [5.41, 5.74) is 1.26. The molecule has 1 aliphatic rings. The zero-order chi connectivity index (χ0) is 18.5. The number of hydrogen-bond acceptors (Lipinski definition) is 4. The zero-order valence-electron chi connectivity index (χ0n) is 14.5. The Morgan fingerprint density at radius 3 is 2.54 bits per heavy atom. The molecule has 0 bridgehead atoms. The van der Waals surface area contributed by atoms with Crippen LogP contribution in [-0.4, -0.2) is 35.6 Å². The summed E-state index contributed by atoms with van der Waals surface area (Å²) in [7, 11) is 0. The van der Waals surface area contributed by atoms with Crippen LogP contribution in [0.5, 0.6) is 5.75 Å². The first-order valence-corrected chi connectivity index (χ1v) is 9.53. The first-order chi connectivity index (χ1) is 12.5. The Morgan fingerprint density at radius 1 is 1.12 bits per heavy atom. The van der Waals surface area contributed by atoms with Crippen LogP contribution in [0.1, 0.15) is 34.5 Å². The summed E-state index contributed by atoms with van der Waals surface area (Å²) >= 11 is 1.69. The summed E-state index contributed by atoms with van der Waals surface area (Å²) in [5.74, 6) is 0.531. The topological polar surface area (TPSA) is 46.6 Å². The molecule has 0 spiro atoms. The second kappa shape index (κ2) is 8.36.